The molecule has 0 aromatic heterocycles. The maximum absolute atomic E-state index is 15.4. The molecule has 22 heteroatoms. The summed E-state index contributed by atoms with van der Waals surface area (Å²) in [4.78, 5) is 0. The van der Waals surface area contributed by atoms with Crippen LogP contribution in [0.4, 0.5) is 87.8 Å². The lowest BCUT2D eigenvalue weighted by molar-refractivity contribution is -0.988. The highest BCUT2D eigenvalue weighted by molar-refractivity contribution is 7.20. The molecular weight excluding hydrogens is 861 g/mol. The Hall–Kier alpha value is -4.50. The number of rotatable bonds is 8. The third kappa shape index (κ3) is 7.06. The third-order valence-corrected chi connectivity index (χ3v) is 11.4. The van der Waals surface area contributed by atoms with E-state index >= 15 is 35.1 Å². The average Bonchev–Trinajstić information content (AvgIpc) is 3.21. The SMILES string of the molecule is CC[N+](C(C)C)(C(C)C)C1CCCCC1.Fc1c(F)c(F)c([B-](c2c(F)c(F)c(F)c(F)c2F)(c2c(F)c(F)c(F)c(F)c2F)c2c(F)c(F)c(F)c(F)c2F)c(F)c1F. The predicted octanol–water partition coefficient (Wildman–Crippen LogP) is 9.82. The van der Waals surface area contributed by atoms with Crippen LogP contribution in [0.2, 0.25) is 0 Å². The molecule has 0 radical (unpaired) electrons. The fourth-order valence-corrected chi connectivity index (χ4v) is 8.86. The van der Waals surface area contributed by atoms with Gasteiger partial charge < -0.3 is 4.48 Å². The van der Waals surface area contributed by atoms with Gasteiger partial charge in [0, 0.05) is 0 Å². The molecule has 4 aromatic carbocycles. The van der Waals surface area contributed by atoms with E-state index in [1.54, 1.807) is 0 Å². The van der Waals surface area contributed by atoms with Gasteiger partial charge in [0.05, 0.1) is 24.7 Å². The normalized spacial score (nSPS) is 14.1. The lowest BCUT2D eigenvalue weighted by Crippen LogP contribution is -2.81. The zero-order valence-electron chi connectivity index (χ0n) is 31.6. The van der Waals surface area contributed by atoms with Gasteiger partial charge in [-0.15, -0.1) is 21.9 Å². The molecule has 0 N–H and O–H groups in total. The molecule has 330 valence electrons. The van der Waals surface area contributed by atoms with Crippen LogP contribution in [0.15, 0.2) is 0 Å². The van der Waals surface area contributed by atoms with Crippen LogP contribution >= 0.6 is 0 Å². The van der Waals surface area contributed by atoms with Crippen molar-refractivity contribution in [1.82, 2.24) is 0 Å². The molecule has 0 unspecified atom stereocenters. The maximum atomic E-state index is 15.4. The van der Waals surface area contributed by atoms with Crippen LogP contribution in [0.5, 0.6) is 0 Å². The molecule has 0 amide bonds. The van der Waals surface area contributed by atoms with Crippen molar-refractivity contribution in [2.45, 2.75) is 84.8 Å². The molecule has 0 spiro atoms. The Morgan fingerprint density at radius 1 is 0.350 bits per heavy atom. The van der Waals surface area contributed by atoms with Gasteiger partial charge in [-0.2, -0.15) is 0 Å². The molecule has 0 bridgehead atoms. The molecule has 5 rings (SSSR count). The van der Waals surface area contributed by atoms with Gasteiger partial charge in [0.1, 0.15) is 52.7 Å². The van der Waals surface area contributed by atoms with Gasteiger partial charge >= 0.3 is 0 Å². The van der Waals surface area contributed by atoms with E-state index in [0.717, 1.165) is 18.1 Å². The molecule has 0 aliphatic heterocycles. The number of benzene rings is 4. The fraction of sp³-hybridized carbons (Fsp3) is 0.368. The molecule has 4 aromatic rings. The van der Waals surface area contributed by atoms with Crippen molar-refractivity contribution in [2.75, 3.05) is 6.54 Å². The minimum atomic E-state index is -7.22. The summed E-state index contributed by atoms with van der Waals surface area (Å²) in [5, 5.41) is 0. The zero-order valence-corrected chi connectivity index (χ0v) is 31.6. The summed E-state index contributed by atoms with van der Waals surface area (Å²) in [6.07, 6.45) is 0.101. The van der Waals surface area contributed by atoms with Gasteiger partial charge in [0.25, 0.3) is 0 Å². The Kier molecular flexibility index (Phi) is 14.0. The first-order chi connectivity index (χ1) is 27.8. The molecule has 1 aliphatic carbocycles. The van der Waals surface area contributed by atoms with Gasteiger partial charge in [-0.25, -0.2) is 87.8 Å². The van der Waals surface area contributed by atoms with E-state index in [1.165, 1.54) is 43.1 Å². The highest BCUT2D eigenvalue weighted by Gasteiger charge is 2.52. The van der Waals surface area contributed by atoms with E-state index in [2.05, 4.69) is 34.6 Å². The Morgan fingerprint density at radius 3 is 0.700 bits per heavy atom. The number of halogens is 20. The monoisotopic (exact) mass is 891 g/mol. The van der Waals surface area contributed by atoms with Crippen molar-refractivity contribution in [2.24, 2.45) is 0 Å². The summed E-state index contributed by atoms with van der Waals surface area (Å²) in [6.45, 7) is 13.3. The van der Waals surface area contributed by atoms with Crippen molar-refractivity contribution >= 4 is 28.0 Å². The summed E-state index contributed by atoms with van der Waals surface area (Å²) in [5.41, 5.74) is -14.3. The highest BCUT2D eigenvalue weighted by atomic mass is 19.2. The van der Waals surface area contributed by atoms with Crippen LogP contribution in [-0.2, 0) is 0 Å². The second kappa shape index (κ2) is 17.5. The van der Waals surface area contributed by atoms with Crippen molar-refractivity contribution in [3.05, 3.63) is 116 Å². The highest BCUT2D eigenvalue weighted by Crippen LogP contribution is 2.34. The molecule has 0 heterocycles. The van der Waals surface area contributed by atoms with Gasteiger partial charge in [0.2, 0.25) is 0 Å². The zero-order chi connectivity index (χ0) is 45.8. The largest absolute Gasteiger partial charge is 0.317 e. The first-order valence-electron chi connectivity index (χ1n) is 17.9. The first-order valence-corrected chi connectivity index (χ1v) is 17.9. The van der Waals surface area contributed by atoms with Crippen molar-refractivity contribution in [1.29, 1.82) is 0 Å². The molecule has 0 atom stereocenters. The van der Waals surface area contributed by atoms with Crippen LogP contribution in [-0.4, -0.2) is 35.3 Å². The number of hydrogen-bond donors (Lipinski definition) is 0. The molecule has 0 saturated heterocycles. The molecule has 60 heavy (non-hydrogen) atoms. The van der Waals surface area contributed by atoms with Crippen LogP contribution < -0.4 is 21.9 Å². The van der Waals surface area contributed by atoms with Crippen LogP contribution in [0.3, 0.4) is 0 Å². The topological polar surface area (TPSA) is 0 Å². The minimum Gasteiger partial charge on any atom is -0.317 e. The van der Waals surface area contributed by atoms with E-state index in [0.29, 0.717) is 0 Å². The Bertz CT molecular complexity index is 1930. The van der Waals surface area contributed by atoms with E-state index in [9.17, 15) is 52.7 Å². The first kappa shape index (κ1) is 48.2. The average molecular weight is 891 g/mol. The minimum absolute atomic E-state index is 0.776. The molecular formula is C38H30BF20N. The number of quaternary nitrogens is 1. The third-order valence-electron chi connectivity index (χ3n) is 11.4. The molecule has 1 nitrogen and oxygen atoms in total. The van der Waals surface area contributed by atoms with E-state index in [-0.39, 0.29) is 0 Å². The lowest BCUT2D eigenvalue weighted by atomic mass is 9.12. The Balaban J connectivity index is 0.000000445. The lowest BCUT2D eigenvalue weighted by Gasteiger charge is -2.52. The Morgan fingerprint density at radius 2 is 0.533 bits per heavy atom. The summed E-state index contributed by atoms with van der Waals surface area (Å²) >= 11 is 0. The van der Waals surface area contributed by atoms with Gasteiger partial charge in [-0.3, -0.25) is 0 Å². The molecule has 1 fully saturated rings. The molecule has 1 saturated carbocycles. The van der Waals surface area contributed by atoms with Crippen molar-refractivity contribution in [3.8, 4) is 0 Å². The van der Waals surface area contributed by atoms with Crippen LogP contribution in [0, 0.1) is 116 Å². The summed E-state index contributed by atoms with van der Waals surface area (Å²) < 4.78 is 295. The smallest absolute Gasteiger partial charge is 0.200 e. The number of hydrogen-bond acceptors (Lipinski definition) is 0. The molecule has 1 aliphatic rings. The van der Waals surface area contributed by atoms with Crippen molar-refractivity contribution in [3.63, 3.8) is 0 Å². The van der Waals surface area contributed by atoms with Gasteiger partial charge in [0.15, 0.2) is 69.8 Å². The van der Waals surface area contributed by atoms with Gasteiger partial charge in [-0.05, 0) is 60.3 Å². The second-order valence-electron chi connectivity index (χ2n) is 14.6. The maximum Gasteiger partial charge on any atom is 0.200 e. The van der Waals surface area contributed by atoms with Crippen LogP contribution in [0.1, 0.15) is 66.7 Å². The van der Waals surface area contributed by atoms with E-state index in [1.807, 2.05) is 0 Å². The summed E-state index contributed by atoms with van der Waals surface area (Å²) in [6, 6.07) is 2.49. The predicted molar refractivity (Wildman–Crippen MR) is 177 cm³/mol. The van der Waals surface area contributed by atoms with Gasteiger partial charge in [-0.1, -0.05) is 6.42 Å². The number of nitrogens with zero attached hydrogens (tertiary/aromatic N) is 1. The summed E-state index contributed by atoms with van der Waals surface area (Å²) in [7, 11) is 0. The van der Waals surface area contributed by atoms with Crippen LogP contribution in [0.25, 0.3) is 0 Å². The second-order valence-corrected chi connectivity index (χ2v) is 14.6. The fourth-order valence-electron chi connectivity index (χ4n) is 8.86. The quantitative estimate of drug-likeness (QED) is 0.0544. The van der Waals surface area contributed by atoms with E-state index in [4.69, 9.17) is 0 Å². The van der Waals surface area contributed by atoms with E-state index < -0.39 is 144 Å². The summed E-state index contributed by atoms with van der Waals surface area (Å²) in [5.74, 6) is -71.4. The van der Waals surface area contributed by atoms with Crippen molar-refractivity contribution < 1.29 is 92.3 Å². The Labute approximate surface area is 328 Å². The standard InChI is InChI=1S/C24BF20.C14H30N/c26-5-1(6(27)14(35)21(42)13(5)34)25(2-7(28)15(36)22(43)16(37)8(2)29,3-9(30)17(38)23(44)18(39)10(3)31)4-11(32)19(40)24(45)20(41)12(4)33;1-6-15(12(2)3,13(4)5)14-10-8-7-9-11-14/h;12-14H,6-11H2,1-5H3/q-1;+1.